The highest BCUT2D eigenvalue weighted by Crippen LogP contribution is 2.25. The Bertz CT molecular complexity index is 1110. The van der Waals surface area contributed by atoms with Crippen LogP contribution in [0.1, 0.15) is 31.9 Å². The molecule has 0 bridgehead atoms. The SMILES string of the molecule is CC(C)(C)c1ccc(CN(CCOc2cccc3[nH]c(=S)[nH]c23)C(=O)C(F)(F)F)cc1. The fourth-order valence-corrected chi connectivity index (χ4v) is 3.39. The van der Waals surface area contributed by atoms with Crippen molar-refractivity contribution in [2.45, 2.75) is 38.9 Å². The number of carbonyl (C=O) groups is 1. The molecular formula is C22H24F3N3O2S. The number of nitrogens with one attached hydrogen (secondary N) is 2. The van der Waals surface area contributed by atoms with Gasteiger partial charge in [0.15, 0.2) is 4.77 Å². The summed E-state index contributed by atoms with van der Waals surface area (Å²) in [7, 11) is 0. The van der Waals surface area contributed by atoms with E-state index in [4.69, 9.17) is 17.0 Å². The van der Waals surface area contributed by atoms with Gasteiger partial charge in [-0.2, -0.15) is 13.2 Å². The summed E-state index contributed by atoms with van der Waals surface area (Å²) >= 11 is 5.06. The van der Waals surface area contributed by atoms with E-state index < -0.39 is 12.1 Å². The molecule has 0 radical (unpaired) electrons. The van der Waals surface area contributed by atoms with Gasteiger partial charge in [-0.25, -0.2) is 0 Å². The lowest BCUT2D eigenvalue weighted by Gasteiger charge is -2.25. The largest absolute Gasteiger partial charge is 0.489 e. The predicted molar refractivity (Wildman–Crippen MR) is 116 cm³/mol. The van der Waals surface area contributed by atoms with Crippen molar-refractivity contribution < 1.29 is 22.7 Å². The average Bonchev–Trinajstić information content (AvgIpc) is 3.06. The zero-order valence-corrected chi connectivity index (χ0v) is 18.3. The summed E-state index contributed by atoms with van der Waals surface area (Å²) in [6.45, 7) is 5.67. The van der Waals surface area contributed by atoms with Crippen molar-refractivity contribution in [3.05, 3.63) is 58.4 Å². The normalized spacial score (nSPS) is 12.2. The van der Waals surface area contributed by atoms with Gasteiger partial charge in [0.1, 0.15) is 17.9 Å². The van der Waals surface area contributed by atoms with Gasteiger partial charge >= 0.3 is 12.1 Å². The molecule has 0 spiro atoms. The molecule has 9 heteroatoms. The third kappa shape index (κ3) is 5.66. The fraction of sp³-hybridized carbons (Fsp3) is 0.364. The number of carbonyl (C=O) groups excluding carboxylic acids is 1. The van der Waals surface area contributed by atoms with Gasteiger partial charge in [-0.05, 0) is 40.9 Å². The molecule has 1 heterocycles. The number of ether oxygens (including phenoxy) is 1. The molecule has 2 N–H and O–H groups in total. The van der Waals surface area contributed by atoms with Crippen LogP contribution >= 0.6 is 12.2 Å². The molecule has 0 aliphatic heterocycles. The number of hydrogen-bond donors (Lipinski definition) is 2. The molecule has 0 saturated heterocycles. The van der Waals surface area contributed by atoms with Crippen LogP contribution in [0.25, 0.3) is 11.0 Å². The van der Waals surface area contributed by atoms with Crippen molar-refractivity contribution in [1.29, 1.82) is 0 Å². The third-order valence-corrected chi connectivity index (χ3v) is 5.06. The molecule has 0 fully saturated rings. The van der Waals surface area contributed by atoms with E-state index in [1.807, 2.05) is 12.1 Å². The highest BCUT2D eigenvalue weighted by molar-refractivity contribution is 7.71. The van der Waals surface area contributed by atoms with Crippen molar-refractivity contribution in [1.82, 2.24) is 14.9 Å². The number of para-hydroxylation sites is 1. The second-order valence-corrected chi connectivity index (χ2v) is 8.69. The first kappa shape index (κ1) is 22.9. The Morgan fingerprint density at radius 2 is 1.74 bits per heavy atom. The number of rotatable bonds is 6. The second-order valence-electron chi connectivity index (χ2n) is 8.28. The van der Waals surface area contributed by atoms with Gasteiger partial charge in [0, 0.05) is 6.54 Å². The summed E-state index contributed by atoms with van der Waals surface area (Å²) in [5, 5.41) is 0. The predicted octanol–water partition coefficient (Wildman–Crippen LogP) is 5.49. The van der Waals surface area contributed by atoms with Crippen molar-refractivity contribution in [2.24, 2.45) is 0 Å². The van der Waals surface area contributed by atoms with Crippen LogP contribution in [0, 0.1) is 4.77 Å². The molecule has 0 unspecified atom stereocenters. The second kappa shape index (κ2) is 8.74. The Balaban J connectivity index is 1.73. The standard InChI is InChI=1S/C22H24F3N3O2S/c1-21(2,3)15-9-7-14(8-10-15)13-28(19(29)22(23,24)25)11-12-30-17-6-4-5-16-18(17)27-20(31)26-16/h4-10H,11-13H2,1-3H3,(H2,26,27,31). The Hall–Kier alpha value is -2.81. The van der Waals surface area contributed by atoms with Crippen LogP contribution in [0.3, 0.4) is 0 Å². The van der Waals surface area contributed by atoms with Crippen LogP contribution < -0.4 is 4.74 Å². The van der Waals surface area contributed by atoms with Crippen LogP contribution in [0.2, 0.25) is 0 Å². The summed E-state index contributed by atoms with van der Waals surface area (Å²) < 4.78 is 45.5. The zero-order chi connectivity index (χ0) is 22.8. The van der Waals surface area contributed by atoms with E-state index in [0.717, 1.165) is 16.0 Å². The van der Waals surface area contributed by atoms with E-state index in [1.165, 1.54) is 0 Å². The minimum Gasteiger partial charge on any atom is -0.489 e. The van der Waals surface area contributed by atoms with Gasteiger partial charge in [-0.15, -0.1) is 0 Å². The molecule has 1 amide bonds. The monoisotopic (exact) mass is 451 g/mol. The average molecular weight is 452 g/mol. The van der Waals surface area contributed by atoms with Crippen LogP contribution in [-0.4, -0.2) is 40.1 Å². The lowest BCUT2D eigenvalue weighted by Crippen LogP contribution is -2.42. The van der Waals surface area contributed by atoms with E-state index >= 15 is 0 Å². The number of aromatic amines is 2. The quantitative estimate of drug-likeness (QED) is 0.487. The first-order valence-corrected chi connectivity index (χ1v) is 10.2. The number of hydrogen-bond acceptors (Lipinski definition) is 3. The molecule has 0 saturated carbocycles. The lowest BCUT2D eigenvalue weighted by molar-refractivity contribution is -0.186. The number of benzene rings is 2. The molecule has 2 aromatic carbocycles. The molecule has 1 aromatic heterocycles. The number of fused-ring (bicyclic) bond motifs is 1. The first-order chi connectivity index (χ1) is 14.4. The Labute approximate surface area is 183 Å². The van der Waals surface area contributed by atoms with E-state index in [-0.39, 0.29) is 25.1 Å². The summed E-state index contributed by atoms with van der Waals surface area (Å²) in [6.07, 6.45) is -4.96. The van der Waals surface area contributed by atoms with Gasteiger partial charge in [-0.1, -0.05) is 51.1 Å². The fourth-order valence-electron chi connectivity index (χ4n) is 3.18. The van der Waals surface area contributed by atoms with Crippen LogP contribution in [0.4, 0.5) is 13.2 Å². The highest BCUT2D eigenvalue weighted by Gasteiger charge is 2.42. The summed E-state index contributed by atoms with van der Waals surface area (Å²) in [6, 6.07) is 12.5. The maximum Gasteiger partial charge on any atom is 0.471 e. The Kier molecular flexibility index (Phi) is 6.45. The minimum atomic E-state index is -4.96. The highest BCUT2D eigenvalue weighted by atomic mass is 32.1. The first-order valence-electron chi connectivity index (χ1n) is 9.74. The van der Waals surface area contributed by atoms with Gasteiger partial charge in [0.05, 0.1) is 12.1 Å². The molecule has 5 nitrogen and oxygen atoms in total. The molecule has 31 heavy (non-hydrogen) atoms. The maximum absolute atomic E-state index is 13.1. The van der Waals surface area contributed by atoms with Crippen LogP contribution in [0.5, 0.6) is 5.75 Å². The van der Waals surface area contributed by atoms with Gasteiger partial charge in [0.25, 0.3) is 0 Å². The van der Waals surface area contributed by atoms with Crippen molar-refractivity contribution in [3.63, 3.8) is 0 Å². The van der Waals surface area contributed by atoms with Gasteiger partial charge in [0.2, 0.25) is 0 Å². The number of aromatic nitrogens is 2. The molecular weight excluding hydrogens is 427 g/mol. The lowest BCUT2D eigenvalue weighted by atomic mass is 9.87. The maximum atomic E-state index is 13.1. The third-order valence-electron chi connectivity index (χ3n) is 4.85. The van der Waals surface area contributed by atoms with Crippen LogP contribution in [-0.2, 0) is 16.8 Å². The molecule has 3 aromatic rings. The minimum absolute atomic E-state index is 0.0744. The molecule has 0 atom stereocenters. The summed E-state index contributed by atoms with van der Waals surface area (Å²) in [5.41, 5.74) is 2.95. The number of alkyl halides is 3. The van der Waals surface area contributed by atoms with E-state index in [0.29, 0.717) is 21.6 Å². The summed E-state index contributed by atoms with van der Waals surface area (Å²) in [5.74, 6) is -1.45. The number of amides is 1. The Morgan fingerprint density at radius 1 is 1.06 bits per heavy atom. The zero-order valence-electron chi connectivity index (χ0n) is 17.5. The molecule has 3 rings (SSSR count). The Morgan fingerprint density at radius 3 is 2.35 bits per heavy atom. The molecule has 0 aliphatic carbocycles. The molecule has 166 valence electrons. The topological polar surface area (TPSA) is 61.1 Å². The number of halogens is 3. The van der Waals surface area contributed by atoms with E-state index in [1.54, 1.807) is 30.3 Å². The van der Waals surface area contributed by atoms with Crippen LogP contribution in [0.15, 0.2) is 42.5 Å². The van der Waals surface area contributed by atoms with E-state index in [2.05, 4.69) is 30.7 Å². The van der Waals surface area contributed by atoms with Crippen molar-refractivity contribution in [3.8, 4) is 5.75 Å². The molecule has 0 aliphatic rings. The van der Waals surface area contributed by atoms with Crippen molar-refractivity contribution >= 4 is 29.2 Å². The summed E-state index contributed by atoms with van der Waals surface area (Å²) in [4.78, 5) is 18.6. The number of imidazole rings is 1. The number of nitrogens with zero attached hydrogens (tertiary/aromatic N) is 1. The number of H-pyrrole nitrogens is 2. The van der Waals surface area contributed by atoms with Gasteiger partial charge in [-0.3, -0.25) is 4.79 Å². The van der Waals surface area contributed by atoms with E-state index in [9.17, 15) is 18.0 Å². The van der Waals surface area contributed by atoms with Gasteiger partial charge < -0.3 is 19.6 Å². The smallest absolute Gasteiger partial charge is 0.471 e. The van der Waals surface area contributed by atoms with Crippen molar-refractivity contribution in [2.75, 3.05) is 13.2 Å².